The highest BCUT2D eigenvalue weighted by Gasteiger charge is 2.42. The number of piperidine rings is 1. The number of hydrogen-bond donors (Lipinski definition) is 0. The molecular formula is C16H23ClN4O2. The predicted octanol–water partition coefficient (Wildman–Crippen LogP) is 2.97. The van der Waals surface area contributed by atoms with Crippen LogP contribution in [-0.2, 0) is 4.74 Å². The first-order valence-electron chi connectivity index (χ1n) is 8.05. The van der Waals surface area contributed by atoms with E-state index in [0.717, 1.165) is 38.3 Å². The quantitative estimate of drug-likeness (QED) is 0.788. The summed E-state index contributed by atoms with van der Waals surface area (Å²) in [6.45, 7) is 8.18. The van der Waals surface area contributed by atoms with Crippen molar-refractivity contribution in [1.29, 1.82) is 0 Å². The van der Waals surface area contributed by atoms with Crippen molar-refractivity contribution in [3.8, 4) is 0 Å². The average Bonchev–Trinajstić information content (AvgIpc) is 2.88. The maximum absolute atomic E-state index is 12.4. The lowest BCUT2D eigenvalue weighted by Gasteiger charge is -2.38. The van der Waals surface area contributed by atoms with Crippen LogP contribution in [-0.4, -0.2) is 52.2 Å². The van der Waals surface area contributed by atoms with Gasteiger partial charge < -0.3 is 14.5 Å². The normalized spacial score (nSPS) is 24.5. The van der Waals surface area contributed by atoms with E-state index in [-0.39, 0.29) is 12.1 Å². The molecule has 7 heteroatoms. The van der Waals surface area contributed by atoms with Crippen molar-refractivity contribution in [3.63, 3.8) is 0 Å². The van der Waals surface area contributed by atoms with Crippen molar-refractivity contribution in [3.05, 3.63) is 17.5 Å². The Balaban J connectivity index is 1.65. The molecule has 0 unspecified atom stereocenters. The molecule has 0 N–H and O–H groups in total. The molecule has 6 nitrogen and oxygen atoms in total. The van der Waals surface area contributed by atoms with E-state index in [4.69, 9.17) is 16.3 Å². The third kappa shape index (κ3) is 3.68. The fraction of sp³-hybridized carbons (Fsp3) is 0.688. The Morgan fingerprint density at radius 1 is 1.30 bits per heavy atom. The van der Waals surface area contributed by atoms with Gasteiger partial charge in [0.05, 0.1) is 12.4 Å². The smallest absolute Gasteiger partial charge is 0.410 e. The highest BCUT2D eigenvalue weighted by atomic mass is 35.5. The molecule has 3 heterocycles. The van der Waals surface area contributed by atoms with Crippen LogP contribution < -0.4 is 4.90 Å². The molecule has 0 spiro atoms. The molecule has 0 radical (unpaired) electrons. The molecule has 1 amide bonds. The van der Waals surface area contributed by atoms with E-state index in [1.54, 1.807) is 6.20 Å². The molecule has 0 aliphatic carbocycles. The maximum Gasteiger partial charge on any atom is 0.410 e. The van der Waals surface area contributed by atoms with Gasteiger partial charge in [0.1, 0.15) is 16.6 Å². The largest absolute Gasteiger partial charge is 0.444 e. The van der Waals surface area contributed by atoms with Crippen LogP contribution in [0, 0.1) is 5.92 Å². The maximum atomic E-state index is 12.4. The molecule has 2 fully saturated rings. The Morgan fingerprint density at radius 3 is 2.78 bits per heavy atom. The van der Waals surface area contributed by atoms with Crippen molar-refractivity contribution in [2.75, 3.05) is 24.5 Å². The van der Waals surface area contributed by atoms with Crippen molar-refractivity contribution in [2.45, 2.75) is 45.3 Å². The number of carbonyl (C=O) groups excluding carboxylic acids is 1. The van der Waals surface area contributed by atoms with Gasteiger partial charge in [-0.25, -0.2) is 9.78 Å². The molecule has 1 aromatic heterocycles. The summed E-state index contributed by atoms with van der Waals surface area (Å²) in [4.78, 5) is 24.9. The van der Waals surface area contributed by atoms with Crippen molar-refractivity contribution < 1.29 is 9.53 Å². The summed E-state index contributed by atoms with van der Waals surface area (Å²) in [6, 6.07) is 0.258. The van der Waals surface area contributed by atoms with Gasteiger partial charge in [0, 0.05) is 25.7 Å². The molecule has 1 aromatic rings. The monoisotopic (exact) mass is 338 g/mol. The highest BCUT2D eigenvalue weighted by molar-refractivity contribution is 6.29. The first kappa shape index (κ1) is 16.3. The number of anilines is 1. The minimum Gasteiger partial charge on any atom is -0.444 e. The first-order valence-corrected chi connectivity index (χ1v) is 8.43. The van der Waals surface area contributed by atoms with Gasteiger partial charge in [-0.1, -0.05) is 11.6 Å². The Hall–Kier alpha value is -1.56. The van der Waals surface area contributed by atoms with E-state index < -0.39 is 5.60 Å². The van der Waals surface area contributed by atoms with Crippen LogP contribution in [0.5, 0.6) is 0 Å². The van der Waals surface area contributed by atoms with Crippen molar-refractivity contribution in [2.24, 2.45) is 5.92 Å². The minimum absolute atomic E-state index is 0.194. The first-order chi connectivity index (χ1) is 10.8. The molecule has 126 valence electrons. The van der Waals surface area contributed by atoms with E-state index >= 15 is 0 Å². The standard InChI is InChI=1S/C16H23ClN4O2/c1-16(2,3)23-15(22)21-7-4-11-10-20(6-5-12(11)21)14-9-18-8-13(17)19-14/h8-9,11-12H,4-7,10H2,1-3H3/t11-,12+/m1/s1. The topological polar surface area (TPSA) is 58.6 Å². The summed E-state index contributed by atoms with van der Waals surface area (Å²) in [5, 5.41) is 0.409. The molecular weight excluding hydrogens is 316 g/mol. The average molecular weight is 339 g/mol. The number of carbonyl (C=O) groups is 1. The number of likely N-dealkylation sites (tertiary alicyclic amines) is 1. The van der Waals surface area contributed by atoms with Crippen LogP contribution in [0.1, 0.15) is 33.6 Å². The lowest BCUT2D eigenvalue weighted by Crippen LogP contribution is -2.48. The molecule has 0 aromatic carbocycles. The zero-order chi connectivity index (χ0) is 16.6. The second-order valence-electron chi connectivity index (χ2n) is 7.22. The van der Waals surface area contributed by atoms with Crippen LogP contribution in [0.25, 0.3) is 0 Å². The Kier molecular flexibility index (Phi) is 4.36. The van der Waals surface area contributed by atoms with E-state index in [1.165, 1.54) is 6.20 Å². The SMILES string of the molecule is CC(C)(C)OC(=O)N1CC[C@@H]2CN(c3cncc(Cl)n3)CC[C@@H]21. The van der Waals surface area contributed by atoms with Gasteiger partial charge in [0.25, 0.3) is 0 Å². The second-order valence-corrected chi connectivity index (χ2v) is 7.61. The molecule has 23 heavy (non-hydrogen) atoms. The zero-order valence-corrected chi connectivity index (χ0v) is 14.6. The van der Waals surface area contributed by atoms with E-state index in [2.05, 4.69) is 14.9 Å². The summed E-state index contributed by atoms with van der Waals surface area (Å²) in [5.74, 6) is 1.25. The third-order valence-corrected chi connectivity index (χ3v) is 4.56. The van der Waals surface area contributed by atoms with Crippen LogP contribution in [0.4, 0.5) is 10.6 Å². The number of nitrogens with zero attached hydrogens (tertiary/aromatic N) is 4. The molecule has 3 rings (SSSR count). The third-order valence-electron chi connectivity index (χ3n) is 4.38. The highest BCUT2D eigenvalue weighted by Crippen LogP contribution is 2.34. The number of amides is 1. The van der Waals surface area contributed by atoms with Crippen LogP contribution in [0.2, 0.25) is 5.15 Å². The number of hydrogen-bond acceptors (Lipinski definition) is 5. The Labute approximate surface area is 141 Å². The lowest BCUT2D eigenvalue weighted by molar-refractivity contribution is 0.0194. The van der Waals surface area contributed by atoms with Gasteiger partial charge in [-0.05, 0) is 39.5 Å². The second kappa shape index (κ2) is 6.15. The van der Waals surface area contributed by atoms with Gasteiger partial charge >= 0.3 is 6.09 Å². The Bertz CT molecular complexity index is 590. The minimum atomic E-state index is -0.452. The lowest BCUT2D eigenvalue weighted by atomic mass is 9.93. The summed E-state index contributed by atoms with van der Waals surface area (Å²) >= 11 is 5.93. The van der Waals surface area contributed by atoms with Gasteiger partial charge in [-0.2, -0.15) is 0 Å². The van der Waals surface area contributed by atoms with Gasteiger partial charge in [-0.3, -0.25) is 4.98 Å². The van der Waals surface area contributed by atoms with Crippen LogP contribution in [0.3, 0.4) is 0 Å². The molecule has 2 aliphatic heterocycles. The van der Waals surface area contributed by atoms with Crippen molar-refractivity contribution in [1.82, 2.24) is 14.9 Å². The number of aromatic nitrogens is 2. The van der Waals surface area contributed by atoms with Crippen molar-refractivity contribution >= 4 is 23.5 Å². The van der Waals surface area contributed by atoms with Crippen LogP contribution in [0.15, 0.2) is 12.4 Å². The Morgan fingerprint density at radius 2 is 2.09 bits per heavy atom. The molecule has 2 aliphatic rings. The summed E-state index contributed by atoms with van der Waals surface area (Å²) < 4.78 is 5.53. The van der Waals surface area contributed by atoms with Gasteiger partial charge in [-0.15, -0.1) is 0 Å². The fourth-order valence-corrected chi connectivity index (χ4v) is 3.57. The molecule has 0 bridgehead atoms. The summed E-state index contributed by atoms with van der Waals surface area (Å²) in [6.07, 6.45) is 5.00. The van der Waals surface area contributed by atoms with E-state index in [9.17, 15) is 4.79 Å². The number of fused-ring (bicyclic) bond motifs is 1. The number of halogens is 1. The van der Waals surface area contributed by atoms with Gasteiger partial charge in [0.15, 0.2) is 0 Å². The van der Waals surface area contributed by atoms with Crippen LogP contribution >= 0.6 is 11.6 Å². The van der Waals surface area contributed by atoms with E-state index in [1.807, 2.05) is 25.7 Å². The summed E-state index contributed by atoms with van der Waals surface area (Å²) in [7, 11) is 0. The number of rotatable bonds is 1. The fourth-order valence-electron chi connectivity index (χ4n) is 3.42. The number of ether oxygens (including phenoxy) is 1. The molecule has 2 saturated heterocycles. The van der Waals surface area contributed by atoms with E-state index in [0.29, 0.717) is 11.1 Å². The predicted molar refractivity (Wildman–Crippen MR) is 88.7 cm³/mol. The summed E-state index contributed by atoms with van der Waals surface area (Å²) in [5.41, 5.74) is -0.452. The molecule has 0 saturated carbocycles. The van der Waals surface area contributed by atoms with Gasteiger partial charge in [0.2, 0.25) is 0 Å². The molecule has 2 atom stereocenters. The zero-order valence-electron chi connectivity index (χ0n) is 13.8.